The molecule has 2 aliphatic rings. The van der Waals surface area contributed by atoms with Gasteiger partial charge in [-0.3, -0.25) is 14.9 Å². The average Bonchev–Trinajstić information content (AvgIpc) is 3.11. The van der Waals surface area contributed by atoms with Gasteiger partial charge < -0.3 is 14.4 Å². The number of carbonyl (C=O) groups is 1. The van der Waals surface area contributed by atoms with Crippen molar-refractivity contribution in [2.45, 2.75) is 44.7 Å². The summed E-state index contributed by atoms with van der Waals surface area (Å²) in [5, 5.41) is 11.8. The lowest BCUT2D eigenvalue weighted by molar-refractivity contribution is -0.383. The molecule has 2 saturated heterocycles. The zero-order valence-electron chi connectivity index (χ0n) is 16.4. The van der Waals surface area contributed by atoms with Crippen molar-refractivity contribution in [3.63, 3.8) is 0 Å². The van der Waals surface area contributed by atoms with Gasteiger partial charge in [-0.1, -0.05) is 12.5 Å². The van der Waals surface area contributed by atoms with E-state index < -0.39 is 0 Å². The number of rotatable bonds is 5. The Labute approximate surface area is 165 Å². The Kier molecular flexibility index (Phi) is 5.35. The highest BCUT2D eigenvalue weighted by atomic mass is 16.6. The molecule has 1 amide bonds. The first-order valence-corrected chi connectivity index (χ1v) is 10.2. The monoisotopic (exact) mass is 384 g/mol. The SMILES string of the molecule is CN(C[C@H]1CCCN2CCCC[C@@H]12)C(=O)Cn1ccc2c([N+](=O)[O-])cccc21. The van der Waals surface area contributed by atoms with Gasteiger partial charge in [0.2, 0.25) is 5.91 Å². The van der Waals surface area contributed by atoms with Crippen LogP contribution in [0.1, 0.15) is 32.1 Å². The minimum atomic E-state index is -0.375. The van der Waals surface area contributed by atoms with Gasteiger partial charge in [0.1, 0.15) is 6.54 Å². The van der Waals surface area contributed by atoms with Crippen LogP contribution in [-0.2, 0) is 11.3 Å². The summed E-state index contributed by atoms with van der Waals surface area (Å²) in [5.41, 5.74) is 0.809. The second-order valence-corrected chi connectivity index (χ2v) is 8.19. The summed E-state index contributed by atoms with van der Waals surface area (Å²) < 4.78 is 1.81. The van der Waals surface area contributed by atoms with E-state index >= 15 is 0 Å². The van der Waals surface area contributed by atoms with Crippen LogP contribution < -0.4 is 0 Å². The first-order chi connectivity index (χ1) is 13.5. The number of piperidine rings is 2. The van der Waals surface area contributed by atoms with Gasteiger partial charge in [-0.25, -0.2) is 0 Å². The van der Waals surface area contributed by atoms with Crippen molar-refractivity contribution in [3.05, 3.63) is 40.6 Å². The van der Waals surface area contributed by atoms with Crippen molar-refractivity contribution in [2.24, 2.45) is 5.92 Å². The fraction of sp³-hybridized carbons (Fsp3) is 0.571. The lowest BCUT2D eigenvalue weighted by Crippen LogP contribution is -2.51. The van der Waals surface area contributed by atoms with E-state index in [-0.39, 0.29) is 23.1 Å². The summed E-state index contributed by atoms with van der Waals surface area (Å²) in [6.07, 6.45) is 8.02. The zero-order chi connectivity index (χ0) is 19.7. The Balaban J connectivity index is 1.44. The van der Waals surface area contributed by atoms with Crippen molar-refractivity contribution in [2.75, 3.05) is 26.7 Å². The number of amides is 1. The Morgan fingerprint density at radius 3 is 2.86 bits per heavy atom. The Morgan fingerprint density at radius 1 is 1.21 bits per heavy atom. The average molecular weight is 384 g/mol. The van der Waals surface area contributed by atoms with E-state index in [1.807, 2.05) is 22.6 Å². The van der Waals surface area contributed by atoms with Crippen LogP contribution >= 0.6 is 0 Å². The van der Waals surface area contributed by atoms with Crippen molar-refractivity contribution in [1.29, 1.82) is 0 Å². The molecule has 0 bridgehead atoms. The third-order valence-electron chi connectivity index (χ3n) is 6.46. The van der Waals surface area contributed by atoms with Crippen molar-refractivity contribution < 1.29 is 9.72 Å². The van der Waals surface area contributed by atoms with Crippen LogP contribution in [-0.4, -0.2) is 57.9 Å². The number of hydrogen-bond donors (Lipinski definition) is 0. The molecule has 1 aromatic carbocycles. The Hall–Kier alpha value is -2.41. The van der Waals surface area contributed by atoms with Gasteiger partial charge in [-0.2, -0.15) is 0 Å². The van der Waals surface area contributed by atoms with Crippen molar-refractivity contribution in [1.82, 2.24) is 14.4 Å². The molecule has 3 heterocycles. The van der Waals surface area contributed by atoms with Gasteiger partial charge in [-0.05, 0) is 56.8 Å². The predicted octanol–water partition coefficient (Wildman–Crippen LogP) is 3.27. The second kappa shape index (κ2) is 7.91. The number of non-ortho nitro benzene ring substituents is 1. The van der Waals surface area contributed by atoms with Gasteiger partial charge in [0.15, 0.2) is 0 Å². The summed E-state index contributed by atoms with van der Waals surface area (Å²) in [7, 11) is 1.89. The molecule has 28 heavy (non-hydrogen) atoms. The lowest BCUT2D eigenvalue weighted by atomic mass is 9.83. The maximum Gasteiger partial charge on any atom is 0.278 e. The molecule has 150 valence electrons. The molecule has 0 N–H and O–H groups in total. The first-order valence-electron chi connectivity index (χ1n) is 10.2. The van der Waals surface area contributed by atoms with Crippen molar-refractivity contribution in [3.8, 4) is 0 Å². The van der Waals surface area contributed by atoms with E-state index in [2.05, 4.69) is 4.90 Å². The molecule has 7 nitrogen and oxygen atoms in total. The maximum absolute atomic E-state index is 12.9. The molecular formula is C21H28N4O3. The molecule has 4 rings (SSSR count). The third kappa shape index (κ3) is 3.63. The molecule has 2 aromatic rings. The molecule has 2 atom stereocenters. The topological polar surface area (TPSA) is 71.6 Å². The van der Waals surface area contributed by atoms with E-state index in [9.17, 15) is 14.9 Å². The smallest absolute Gasteiger partial charge is 0.278 e. The van der Waals surface area contributed by atoms with Crippen molar-refractivity contribution >= 4 is 22.5 Å². The molecule has 0 saturated carbocycles. The molecule has 2 aliphatic heterocycles. The number of fused-ring (bicyclic) bond motifs is 2. The van der Waals surface area contributed by atoms with Gasteiger partial charge in [-0.15, -0.1) is 0 Å². The highest BCUT2D eigenvalue weighted by Gasteiger charge is 2.34. The summed E-state index contributed by atoms with van der Waals surface area (Å²) in [6.45, 7) is 3.40. The van der Waals surface area contributed by atoms with Crippen LogP contribution in [0.4, 0.5) is 5.69 Å². The fourth-order valence-electron chi connectivity index (χ4n) is 5.01. The Bertz CT molecular complexity index is 876. The quantitative estimate of drug-likeness (QED) is 0.586. The predicted molar refractivity (Wildman–Crippen MR) is 108 cm³/mol. The molecule has 0 radical (unpaired) electrons. The highest BCUT2D eigenvalue weighted by molar-refractivity contribution is 5.90. The number of benzene rings is 1. The fourth-order valence-corrected chi connectivity index (χ4v) is 5.01. The standard InChI is InChI=1S/C21H28N4O3/c1-22(14-16-6-5-12-23-11-3-2-7-18(16)23)21(26)15-24-13-10-17-19(24)8-4-9-20(17)25(27)28/h4,8-10,13,16,18H,2-3,5-7,11-12,14-15H2,1H3/t16-,18+/m1/s1. The Morgan fingerprint density at radius 2 is 2.04 bits per heavy atom. The number of nitro benzene ring substituents is 1. The highest BCUT2D eigenvalue weighted by Crippen LogP contribution is 2.31. The molecule has 2 fully saturated rings. The lowest BCUT2D eigenvalue weighted by Gasteiger charge is -2.45. The molecule has 0 aliphatic carbocycles. The van der Waals surface area contributed by atoms with Crippen LogP contribution in [0.2, 0.25) is 0 Å². The number of likely N-dealkylation sites (N-methyl/N-ethyl adjacent to an activating group) is 1. The van der Waals surface area contributed by atoms with Gasteiger partial charge >= 0.3 is 0 Å². The van der Waals surface area contributed by atoms with Gasteiger partial charge in [0.25, 0.3) is 5.69 Å². The van der Waals surface area contributed by atoms with Crippen LogP contribution in [0.25, 0.3) is 10.9 Å². The van der Waals surface area contributed by atoms with E-state index in [0.717, 1.165) is 12.1 Å². The number of carbonyl (C=O) groups excluding carboxylic acids is 1. The molecule has 0 spiro atoms. The van der Waals surface area contributed by atoms with E-state index in [1.165, 1.54) is 51.3 Å². The number of nitrogens with zero attached hydrogens (tertiary/aromatic N) is 4. The zero-order valence-corrected chi connectivity index (χ0v) is 16.4. The molecule has 1 aromatic heterocycles. The number of hydrogen-bond acceptors (Lipinski definition) is 4. The molecule has 7 heteroatoms. The van der Waals surface area contributed by atoms with Crippen LogP contribution in [0, 0.1) is 16.0 Å². The second-order valence-electron chi connectivity index (χ2n) is 8.19. The third-order valence-corrected chi connectivity index (χ3v) is 6.46. The normalized spacial score (nSPS) is 22.8. The summed E-state index contributed by atoms with van der Waals surface area (Å²) >= 11 is 0. The van der Waals surface area contributed by atoms with Crippen LogP contribution in [0.15, 0.2) is 30.5 Å². The summed E-state index contributed by atoms with van der Waals surface area (Å²) in [6, 6.07) is 7.34. The summed E-state index contributed by atoms with van der Waals surface area (Å²) in [5.74, 6) is 0.599. The number of aromatic nitrogens is 1. The van der Waals surface area contributed by atoms with E-state index in [4.69, 9.17) is 0 Å². The minimum Gasteiger partial charge on any atom is -0.344 e. The first kappa shape index (κ1) is 18.9. The van der Waals surface area contributed by atoms with Gasteiger partial charge in [0.05, 0.1) is 15.8 Å². The molecule has 0 unspecified atom stereocenters. The van der Waals surface area contributed by atoms with Crippen LogP contribution in [0.5, 0.6) is 0 Å². The van der Waals surface area contributed by atoms with Crippen LogP contribution in [0.3, 0.4) is 0 Å². The van der Waals surface area contributed by atoms with E-state index in [1.54, 1.807) is 18.3 Å². The number of nitro groups is 1. The minimum absolute atomic E-state index is 0.0527. The van der Waals surface area contributed by atoms with Gasteiger partial charge in [0, 0.05) is 31.9 Å². The largest absolute Gasteiger partial charge is 0.344 e. The maximum atomic E-state index is 12.9. The molecular weight excluding hydrogens is 356 g/mol. The summed E-state index contributed by atoms with van der Waals surface area (Å²) in [4.78, 5) is 28.2. The van der Waals surface area contributed by atoms with E-state index in [0.29, 0.717) is 17.3 Å².